The van der Waals surface area contributed by atoms with Crippen molar-refractivity contribution in [2.75, 3.05) is 0 Å². The zero-order valence-corrected chi connectivity index (χ0v) is 5.77. The second-order valence-corrected chi connectivity index (χ2v) is 1.94. The molecular weight excluding hydrogens is 148 g/mol. The molecule has 0 aliphatic heterocycles. The lowest BCUT2D eigenvalue weighted by Crippen LogP contribution is -2.20. The maximum Gasteiger partial charge on any atom is 0.245 e. The van der Waals surface area contributed by atoms with Crippen molar-refractivity contribution in [3.8, 4) is 0 Å². The number of nitrogens with zero attached hydrogens (tertiary/aromatic N) is 3. The van der Waals surface area contributed by atoms with Gasteiger partial charge in [-0.15, -0.1) is 0 Å². The van der Waals surface area contributed by atoms with E-state index in [2.05, 4.69) is 10.1 Å². The van der Waals surface area contributed by atoms with Crippen LogP contribution in [0.3, 0.4) is 0 Å². The Morgan fingerprint density at radius 1 is 1.73 bits per heavy atom. The summed E-state index contributed by atoms with van der Waals surface area (Å²) in [7, 11) is 0. The minimum atomic E-state index is -0.430. The maximum absolute atomic E-state index is 10.5. The van der Waals surface area contributed by atoms with Gasteiger partial charge in [-0.25, -0.2) is 10.5 Å². The van der Waals surface area contributed by atoms with Gasteiger partial charge in [-0.2, -0.15) is 5.10 Å². The van der Waals surface area contributed by atoms with Gasteiger partial charge in [0.1, 0.15) is 12.7 Å². The van der Waals surface area contributed by atoms with Gasteiger partial charge < -0.3 is 0 Å². The number of rotatable bonds is 3. The van der Waals surface area contributed by atoms with E-state index in [0.29, 0.717) is 6.54 Å². The lowest BCUT2D eigenvalue weighted by molar-refractivity contribution is -0.129. The summed E-state index contributed by atoms with van der Waals surface area (Å²) in [6.45, 7) is 0.423. The van der Waals surface area contributed by atoms with Crippen LogP contribution in [-0.4, -0.2) is 25.9 Å². The number of amides is 1. The smallest absolute Gasteiger partial charge is 0.245 e. The van der Waals surface area contributed by atoms with Gasteiger partial charge in [0.2, 0.25) is 5.91 Å². The van der Waals surface area contributed by atoms with Crippen molar-refractivity contribution >= 4 is 5.91 Å². The lowest BCUT2D eigenvalue weighted by Gasteiger charge is -1.97. The standard InChI is InChI=1S/C5H8N4O2/c10-5(8-11)1-2-9-4-6-3-7-9/h3-4,11H,1-2H2,(H,8,10). The van der Waals surface area contributed by atoms with Crippen molar-refractivity contribution in [1.29, 1.82) is 0 Å². The highest BCUT2D eigenvalue weighted by Crippen LogP contribution is 1.85. The molecule has 0 aliphatic carbocycles. The van der Waals surface area contributed by atoms with Gasteiger partial charge >= 0.3 is 0 Å². The van der Waals surface area contributed by atoms with Gasteiger partial charge in [0.05, 0.1) is 6.54 Å². The third kappa shape index (κ3) is 2.34. The molecule has 6 heteroatoms. The predicted octanol–water partition coefficient (Wildman–Crippen LogP) is -0.826. The van der Waals surface area contributed by atoms with Crippen molar-refractivity contribution in [2.24, 2.45) is 0 Å². The van der Waals surface area contributed by atoms with Crippen LogP contribution in [0.4, 0.5) is 0 Å². The van der Waals surface area contributed by atoms with E-state index in [9.17, 15) is 4.79 Å². The quantitative estimate of drug-likeness (QED) is 0.442. The van der Waals surface area contributed by atoms with E-state index in [4.69, 9.17) is 5.21 Å². The molecule has 0 saturated heterocycles. The summed E-state index contributed by atoms with van der Waals surface area (Å²) < 4.78 is 1.51. The topological polar surface area (TPSA) is 80.0 Å². The highest BCUT2D eigenvalue weighted by atomic mass is 16.5. The molecule has 0 atom stereocenters. The molecule has 6 nitrogen and oxygen atoms in total. The molecule has 1 rings (SSSR count). The Bertz CT molecular complexity index is 220. The zero-order valence-electron chi connectivity index (χ0n) is 5.77. The van der Waals surface area contributed by atoms with Gasteiger partial charge in [0, 0.05) is 6.42 Å². The Morgan fingerprint density at radius 2 is 2.55 bits per heavy atom. The monoisotopic (exact) mass is 156 g/mol. The van der Waals surface area contributed by atoms with Crippen LogP contribution in [0.2, 0.25) is 0 Å². The molecule has 60 valence electrons. The highest BCUT2D eigenvalue weighted by Gasteiger charge is 1.98. The van der Waals surface area contributed by atoms with E-state index < -0.39 is 5.91 Å². The Hall–Kier alpha value is -1.43. The summed E-state index contributed by atoms with van der Waals surface area (Å²) in [4.78, 5) is 14.2. The summed E-state index contributed by atoms with van der Waals surface area (Å²) in [6, 6.07) is 0. The molecule has 0 spiro atoms. The molecule has 1 aromatic rings. The molecule has 0 fully saturated rings. The van der Waals surface area contributed by atoms with Crippen LogP contribution in [-0.2, 0) is 11.3 Å². The number of aromatic nitrogens is 3. The number of hydrogen-bond acceptors (Lipinski definition) is 4. The van der Waals surface area contributed by atoms with Gasteiger partial charge in [0.15, 0.2) is 0 Å². The van der Waals surface area contributed by atoms with Gasteiger partial charge in [-0.05, 0) is 0 Å². The van der Waals surface area contributed by atoms with Crippen molar-refractivity contribution in [2.45, 2.75) is 13.0 Å². The molecular formula is C5H8N4O2. The number of carbonyl (C=O) groups excluding carboxylic acids is 1. The average molecular weight is 156 g/mol. The van der Waals surface area contributed by atoms with E-state index in [1.54, 1.807) is 0 Å². The van der Waals surface area contributed by atoms with Gasteiger partial charge in [-0.1, -0.05) is 0 Å². The largest absolute Gasteiger partial charge is 0.289 e. The first-order valence-electron chi connectivity index (χ1n) is 3.08. The summed E-state index contributed by atoms with van der Waals surface area (Å²) >= 11 is 0. The molecule has 11 heavy (non-hydrogen) atoms. The van der Waals surface area contributed by atoms with Crippen LogP contribution in [0.1, 0.15) is 6.42 Å². The van der Waals surface area contributed by atoms with E-state index in [1.807, 2.05) is 0 Å². The molecule has 2 N–H and O–H groups in total. The first kappa shape index (κ1) is 7.67. The Morgan fingerprint density at radius 3 is 3.09 bits per heavy atom. The second-order valence-electron chi connectivity index (χ2n) is 1.94. The van der Waals surface area contributed by atoms with Crippen molar-refractivity contribution < 1.29 is 10.0 Å². The molecule has 1 heterocycles. The number of hydroxylamine groups is 1. The van der Waals surface area contributed by atoms with E-state index >= 15 is 0 Å². The minimum absolute atomic E-state index is 0.194. The van der Waals surface area contributed by atoms with Gasteiger partial charge in [-0.3, -0.25) is 14.7 Å². The van der Waals surface area contributed by atoms with Crippen molar-refractivity contribution in [3.05, 3.63) is 12.7 Å². The number of carbonyl (C=O) groups is 1. The predicted molar refractivity (Wildman–Crippen MR) is 34.6 cm³/mol. The highest BCUT2D eigenvalue weighted by molar-refractivity contribution is 5.74. The molecule has 0 aromatic carbocycles. The third-order valence-electron chi connectivity index (χ3n) is 1.16. The summed E-state index contributed by atoms with van der Waals surface area (Å²) in [5.41, 5.74) is 1.53. The Labute approximate surface area is 62.8 Å². The van der Waals surface area contributed by atoms with E-state index in [1.165, 1.54) is 22.8 Å². The Kier molecular flexibility index (Phi) is 2.56. The van der Waals surface area contributed by atoms with Crippen LogP contribution in [0.15, 0.2) is 12.7 Å². The summed E-state index contributed by atoms with van der Waals surface area (Å²) in [6.07, 6.45) is 3.08. The zero-order chi connectivity index (χ0) is 8.10. The van der Waals surface area contributed by atoms with E-state index in [0.717, 1.165) is 0 Å². The average Bonchev–Trinajstić information content (AvgIpc) is 2.52. The fourth-order valence-electron chi connectivity index (χ4n) is 0.620. The van der Waals surface area contributed by atoms with E-state index in [-0.39, 0.29) is 6.42 Å². The number of nitrogens with one attached hydrogen (secondary N) is 1. The molecule has 0 saturated carbocycles. The normalized spacial score (nSPS) is 9.55. The fraction of sp³-hybridized carbons (Fsp3) is 0.400. The van der Waals surface area contributed by atoms with Crippen LogP contribution in [0, 0.1) is 0 Å². The van der Waals surface area contributed by atoms with Gasteiger partial charge in [0.25, 0.3) is 0 Å². The first-order chi connectivity index (χ1) is 5.33. The van der Waals surface area contributed by atoms with Crippen LogP contribution in [0.25, 0.3) is 0 Å². The molecule has 0 aliphatic rings. The number of hydrogen-bond donors (Lipinski definition) is 2. The maximum atomic E-state index is 10.5. The van der Waals surface area contributed by atoms with Crippen LogP contribution in [0.5, 0.6) is 0 Å². The summed E-state index contributed by atoms with van der Waals surface area (Å²) in [5.74, 6) is -0.430. The molecule has 1 amide bonds. The second kappa shape index (κ2) is 3.67. The Balaban J connectivity index is 2.29. The molecule has 0 radical (unpaired) electrons. The first-order valence-corrected chi connectivity index (χ1v) is 3.08. The minimum Gasteiger partial charge on any atom is -0.289 e. The summed E-state index contributed by atoms with van der Waals surface area (Å²) in [5, 5.41) is 11.9. The van der Waals surface area contributed by atoms with Crippen molar-refractivity contribution in [1.82, 2.24) is 20.2 Å². The molecule has 0 unspecified atom stereocenters. The van der Waals surface area contributed by atoms with Crippen LogP contribution < -0.4 is 5.48 Å². The SMILES string of the molecule is O=C(CCn1cncn1)NO. The molecule has 1 aromatic heterocycles. The number of aryl methyl sites for hydroxylation is 1. The van der Waals surface area contributed by atoms with Crippen LogP contribution >= 0.6 is 0 Å². The third-order valence-corrected chi connectivity index (χ3v) is 1.16. The lowest BCUT2D eigenvalue weighted by atomic mass is 10.4. The molecule has 0 bridgehead atoms. The van der Waals surface area contributed by atoms with Crippen molar-refractivity contribution in [3.63, 3.8) is 0 Å². The fourth-order valence-corrected chi connectivity index (χ4v) is 0.620.